The van der Waals surface area contributed by atoms with E-state index in [9.17, 15) is 4.39 Å². The molecule has 2 aromatic rings. The van der Waals surface area contributed by atoms with Gasteiger partial charge in [0.15, 0.2) is 5.58 Å². The summed E-state index contributed by atoms with van der Waals surface area (Å²) < 4.78 is 23.4. The van der Waals surface area contributed by atoms with Crippen LogP contribution in [0.2, 0.25) is 5.02 Å². The van der Waals surface area contributed by atoms with E-state index in [2.05, 4.69) is 4.98 Å². The van der Waals surface area contributed by atoms with Gasteiger partial charge in [0.05, 0.1) is 11.1 Å². The third kappa shape index (κ3) is 2.57. The van der Waals surface area contributed by atoms with E-state index >= 15 is 0 Å². The Morgan fingerprint density at radius 1 is 1.59 bits per heavy atom. The van der Waals surface area contributed by atoms with E-state index in [1.54, 1.807) is 7.11 Å². The highest BCUT2D eigenvalue weighted by Crippen LogP contribution is 2.27. The van der Waals surface area contributed by atoms with Gasteiger partial charge < -0.3 is 14.9 Å². The number of ether oxygens (including phenoxy) is 1. The maximum atomic E-state index is 13.1. The van der Waals surface area contributed by atoms with Crippen LogP contribution in [0.25, 0.3) is 11.1 Å². The normalized spacial score (nSPS) is 13.2. The molecule has 1 aromatic heterocycles. The van der Waals surface area contributed by atoms with E-state index in [0.29, 0.717) is 30.0 Å². The highest BCUT2D eigenvalue weighted by molar-refractivity contribution is 6.34. The molecular weight excluding hydrogens is 247 g/mol. The second-order valence-electron chi connectivity index (χ2n) is 3.68. The number of nitrogens with zero attached hydrogens (tertiary/aromatic N) is 1. The van der Waals surface area contributed by atoms with Crippen molar-refractivity contribution in [2.45, 2.75) is 12.5 Å². The van der Waals surface area contributed by atoms with Gasteiger partial charge in [-0.1, -0.05) is 11.6 Å². The standard InChI is InChI=1S/C11H12ClFN2O2/c1-16-3-2-8(14)11-15-9-5-6(13)4-7(12)10(9)17-11/h4-5,8H,2-3,14H2,1H3. The lowest BCUT2D eigenvalue weighted by atomic mass is 10.2. The zero-order valence-electron chi connectivity index (χ0n) is 9.24. The topological polar surface area (TPSA) is 61.3 Å². The maximum Gasteiger partial charge on any atom is 0.212 e. The molecule has 0 bridgehead atoms. The fraction of sp³-hybridized carbons (Fsp3) is 0.364. The molecule has 0 amide bonds. The first kappa shape index (κ1) is 12.3. The number of nitrogens with two attached hydrogens (primary N) is 1. The molecule has 0 saturated heterocycles. The lowest BCUT2D eigenvalue weighted by Crippen LogP contribution is -2.12. The van der Waals surface area contributed by atoms with Crippen molar-refractivity contribution in [2.24, 2.45) is 5.73 Å². The van der Waals surface area contributed by atoms with Gasteiger partial charge in [-0.05, 0) is 12.5 Å². The number of aromatic nitrogens is 1. The second kappa shape index (κ2) is 5.00. The number of hydrogen-bond donors (Lipinski definition) is 1. The Hall–Kier alpha value is -1.17. The predicted molar refractivity (Wildman–Crippen MR) is 62.4 cm³/mol. The summed E-state index contributed by atoms with van der Waals surface area (Å²) in [6.45, 7) is 0.502. The summed E-state index contributed by atoms with van der Waals surface area (Å²) in [6, 6.07) is 2.05. The minimum atomic E-state index is -0.451. The SMILES string of the molecule is COCCC(N)c1nc2cc(F)cc(Cl)c2o1. The monoisotopic (exact) mass is 258 g/mol. The van der Waals surface area contributed by atoms with Crippen molar-refractivity contribution in [3.8, 4) is 0 Å². The summed E-state index contributed by atoms with van der Waals surface area (Å²) in [5.74, 6) is -0.114. The Bertz CT molecular complexity index is 529. The molecule has 0 aliphatic rings. The van der Waals surface area contributed by atoms with Crippen LogP contribution in [-0.4, -0.2) is 18.7 Å². The van der Waals surface area contributed by atoms with Crippen molar-refractivity contribution < 1.29 is 13.5 Å². The van der Waals surface area contributed by atoms with Crippen LogP contribution in [0.3, 0.4) is 0 Å². The third-order valence-electron chi connectivity index (χ3n) is 2.38. The average molecular weight is 259 g/mol. The molecule has 0 saturated carbocycles. The van der Waals surface area contributed by atoms with Crippen LogP contribution in [0, 0.1) is 5.82 Å². The first-order chi connectivity index (χ1) is 8.11. The predicted octanol–water partition coefficient (Wildman–Crippen LogP) is 2.66. The van der Waals surface area contributed by atoms with Gasteiger partial charge in [0.25, 0.3) is 0 Å². The Kier molecular flexibility index (Phi) is 3.61. The number of fused-ring (bicyclic) bond motifs is 1. The van der Waals surface area contributed by atoms with Crippen LogP contribution in [0.1, 0.15) is 18.4 Å². The maximum absolute atomic E-state index is 13.1. The summed E-state index contributed by atoms with van der Waals surface area (Å²) in [7, 11) is 1.59. The van der Waals surface area contributed by atoms with Crippen molar-refractivity contribution >= 4 is 22.7 Å². The van der Waals surface area contributed by atoms with Gasteiger partial charge in [0.2, 0.25) is 5.89 Å². The number of halogens is 2. The zero-order valence-corrected chi connectivity index (χ0v) is 10.00. The van der Waals surface area contributed by atoms with Gasteiger partial charge in [0, 0.05) is 19.8 Å². The number of oxazole rings is 1. The van der Waals surface area contributed by atoms with E-state index in [4.69, 9.17) is 26.5 Å². The second-order valence-corrected chi connectivity index (χ2v) is 4.08. The quantitative estimate of drug-likeness (QED) is 0.916. The lowest BCUT2D eigenvalue weighted by molar-refractivity contribution is 0.184. The summed E-state index contributed by atoms with van der Waals surface area (Å²) >= 11 is 5.85. The van der Waals surface area contributed by atoms with E-state index < -0.39 is 5.82 Å². The van der Waals surface area contributed by atoms with Crippen molar-refractivity contribution in [3.05, 3.63) is 28.9 Å². The molecule has 0 radical (unpaired) electrons. The van der Waals surface area contributed by atoms with Crippen molar-refractivity contribution in [3.63, 3.8) is 0 Å². The molecule has 0 aliphatic carbocycles. The molecular formula is C11H12ClFN2O2. The van der Waals surface area contributed by atoms with Crippen LogP contribution in [0.5, 0.6) is 0 Å². The van der Waals surface area contributed by atoms with Gasteiger partial charge in [-0.3, -0.25) is 0 Å². The molecule has 0 spiro atoms. The molecule has 1 atom stereocenters. The number of methoxy groups -OCH3 is 1. The summed E-state index contributed by atoms with van der Waals surface area (Å²) in [5.41, 5.74) is 6.59. The highest BCUT2D eigenvalue weighted by Gasteiger charge is 2.16. The number of hydrogen-bond acceptors (Lipinski definition) is 4. The Morgan fingerprint density at radius 2 is 2.35 bits per heavy atom. The molecule has 0 aliphatic heterocycles. The van der Waals surface area contributed by atoms with E-state index in [0.717, 1.165) is 0 Å². The fourth-order valence-electron chi connectivity index (χ4n) is 1.50. The molecule has 0 fully saturated rings. The van der Waals surface area contributed by atoms with E-state index in [1.165, 1.54) is 12.1 Å². The van der Waals surface area contributed by atoms with Gasteiger partial charge >= 0.3 is 0 Å². The third-order valence-corrected chi connectivity index (χ3v) is 2.66. The molecule has 1 unspecified atom stereocenters. The van der Waals surface area contributed by atoms with Crippen LogP contribution in [-0.2, 0) is 4.74 Å². The van der Waals surface area contributed by atoms with Gasteiger partial charge in [-0.15, -0.1) is 0 Å². The molecule has 4 nitrogen and oxygen atoms in total. The van der Waals surface area contributed by atoms with Crippen molar-refractivity contribution in [2.75, 3.05) is 13.7 Å². The lowest BCUT2D eigenvalue weighted by Gasteiger charge is -2.05. The van der Waals surface area contributed by atoms with Crippen LogP contribution >= 0.6 is 11.6 Å². The van der Waals surface area contributed by atoms with Gasteiger partial charge in [0.1, 0.15) is 11.3 Å². The molecule has 2 rings (SSSR count). The highest BCUT2D eigenvalue weighted by atomic mass is 35.5. The van der Waals surface area contributed by atoms with Crippen LogP contribution in [0.4, 0.5) is 4.39 Å². The van der Waals surface area contributed by atoms with Gasteiger partial charge in [-0.25, -0.2) is 9.37 Å². The summed E-state index contributed by atoms with van der Waals surface area (Å²) in [6.07, 6.45) is 0.573. The Balaban J connectivity index is 2.34. The van der Waals surface area contributed by atoms with Crippen LogP contribution < -0.4 is 5.73 Å². The molecule has 92 valence electrons. The molecule has 2 N–H and O–H groups in total. The van der Waals surface area contributed by atoms with Crippen molar-refractivity contribution in [1.29, 1.82) is 0 Å². The smallest absolute Gasteiger partial charge is 0.212 e. The van der Waals surface area contributed by atoms with Crippen molar-refractivity contribution in [1.82, 2.24) is 4.98 Å². The van der Waals surface area contributed by atoms with Gasteiger partial charge in [-0.2, -0.15) is 0 Å². The summed E-state index contributed by atoms with van der Waals surface area (Å²) in [5, 5.41) is 0.192. The van der Waals surface area contributed by atoms with E-state index in [-0.39, 0.29) is 11.1 Å². The first-order valence-electron chi connectivity index (χ1n) is 5.12. The molecule has 1 aromatic carbocycles. The molecule has 17 heavy (non-hydrogen) atoms. The zero-order chi connectivity index (χ0) is 12.4. The van der Waals surface area contributed by atoms with E-state index in [1.807, 2.05) is 0 Å². The number of rotatable bonds is 4. The number of benzene rings is 1. The Morgan fingerprint density at radius 3 is 3.06 bits per heavy atom. The first-order valence-corrected chi connectivity index (χ1v) is 5.49. The molecule has 6 heteroatoms. The fourth-order valence-corrected chi connectivity index (χ4v) is 1.74. The Labute approximate surface area is 103 Å². The largest absolute Gasteiger partial charge is 0.437 e. The molecule has 1 heterocycles. The minimum Gasteiger partial charge on any atom is -0.437 e. The van der Waals surface area contributed by atoms with Crippen LogP contribution in [0.15, 0.2) is 16.5 Å². The summed E-state index contributed by atoms with van der Waals surface area (Å²) in [4.78, 5) is 4.12. The average Bonchev–Trinajstić information content (AvgIpc) is 2.69. The minimum absolute atomic E-state index is 0.192.